The second-order valence-electron chi connectivity index (χ2n) is 4.02. The lowest BCUT2D eigenvalue weighted by Crippen LogP contribution is -1.90. The Balaban J connectivity index is 2.01. The molecule has 0 fully saturated rings. The summed E-state index contributed by atoms with van der Waals surface area (Å²) >= 11 is 0. The largest absolute Gasteiger partial charge is 0.399 e. The van der Waals surface area contributed by atoms with Gasteiger partial charge in [0.1, 0.15) is 17.3 Å². The van der Waals surface area contributed by atoms with Gasteiger partial charge in [0.05, 0.1) is 11.8 Å². The van der Waals surface area contributed by atoms with E-state index in [1.165, 1.54) is 30.3 Å². The average molecular weight is 274 g/mol. The molecule has 0 spiro atoms. The summed E-state index contributed by atoms with van der Waals surface area (Å²) in [5, 5.41) is 3.68. The van der Waals surface area contributed by atoms with Gasteiger partial charge in [-0.15, -0.1) is 0 Å². The third kappa shape index (κ3) is 2.20. The van der Waals surface area contributed by atoms with Crippen molar-refractivity contribution in [1.29, 1.82) is 0 Å². The molecule has 0 atom stereocenters. The summed E-state index contributed by atoms with van der Waals surface area (Å²) in [7, 11) is 0. The fraction of sp³-hybridized carbons (Fsp3) is 0. The molecule has 7 heteroatoms. The summed E-state index contributed by atoms with van der Waals surface area (Å²) in [5.41, 5.74) is 6.39. The molecule has 3 aromatic rings. The summed E-state index contributed by atoms with van der Waals surface area (Å²) in [5.74, 6) is -0.876. The first-order valence-electron chi connectivity index (χ1n) is 5.64. The molecule has 0 radical (unpaired) electrons. The van der Waals surface area contributed by atoms with E-state index in [-0.39, 0.29) is 17.3 Å². The van der Waals surface area contributed by atoms with E-state index in [1.807, 2.05) is 0 Å². The first kappa shape index (κ1) is 12.2. The molecule has 100 valence electrons. The van der Waals surface area contributed by atoms with Gasteiger partial charge in [0.15, 0.2) is 0 Å². The predicted molar refractivity (Wildman–Crippen MR) is 67.3 cm³/mol. The van der Waals surface area contributed by atoms with E-state index in [9.17, 15) is 8.78 Å². The number of anilines is 1. The molecule has 0 aliphatic carbocycles. The van der Waals surface area contributed by atoms with Crippen LogP contribution in [0.5, 0.6) is 0 Å². The summed E-state index contributed by atoms with van der Waals surface area (Å²) in [6.07, 6.45) is 1.03. The Kier molecular flexibility index (Phi) is 2.86. The molecule has 2 N–H and O–H groups in total. The summed E-state index contributed by atoms with van der Waals surface area (Å²) in [6.45, 7) is 0. The lowest BCUT2D eigenvalue weighted by molar-refractivity contribution is 0.429. The van der Waals surface area contributed by atoms with Crippen molar-refractivity contribution in [3.8, 4) is 23.0 Å². The SMILES string of the molecule is Nc1ccc(F)c(-c2nc(-c3ccc(F)cn3)no2)c1. The minimum Gasteiger partial charge on any atom is -0.399 e. The third-order valence-corrected chi connectivity index (χ3v) is 2.60. The Morgan fingerprint density at radius 3 is 2.70 bits per heavy atom. The highest BCUT2D eigenvalue weighted by atomic mass is 19.1. The Morgan fingerprint density at radius 2 is 1.95 bits per heavy atom. The van der Waals surface area contributed by atoms with Crippen LogP contribution in [0.15, 0.2) is 41.1 Å². The molecule has 0 bridgehead atoms. The molecule has 20 heavy (non-hydrogen) atoms. The maximum Gasteiger partial charge on any atom is 0.261 e. The van der Waals surface area contributed by atoms with Crippen molar-refractivity contribution in [2.75, 3.05) is 5.73 Å². The van der Waals surface area contributed by atoms with Crippen LogP contribution in [0.1, 0.15) is 0 Å². The van der Waals surface area contributed by atoms with E-state index in [1.54, 1.807) is 0 Å². The molecule has 0 unspecified atom stereocenters. The highest BCUT2D eigenvalue weighted by Gasteiger charge is 2.15. The van der Waals surface area contributed by atoms with Crippen LogP contribution in [-0.4, -0.2) is 15.1 Å². The van der Waals surface area contributed by atoms with E-state index < -0.39 is 11.6 Å². The topological polar surface area (TPSA) is 77.8 Å². The van der Waals surface area contributed by atoms with Gasteiger partial charge in [0.25, 0.3) is 5.89 Å². The first-order valence-corrected chi connectivity index (χ1v) is 5.64. The number of benzene rings is 1. The van der Waals surface area contributed by atoms with Crippen LogP contribution in [0.25, 0.3) is 23.0 Å². The second-order valence-corrected chi connectivity index (χ2v) is 4.02. The summed E-state index contributed by atoms with van der Waals surface area (Å²) in [4.78, 5) is 7.84. The highest BCUT2D eigenvalue weighted by Crippen LogP contribution is 2.25. The van der Waals surface area contributed by atoms with Crippen molar-refractivity contribution in [1.82, 2.24) is 15.1 Å². The number of hydrogen-bond acceptors (Lipinski definition) is 5. The standard InChI is InChI=1S/C13H8F2N4O/c14-7-1-4-11(17-6-7)12-18-13(20-19-12)9-5-8(16)2-3-10(9)15/h1-6H,16H2. The van der Waals surface area contributed by atoms with Gasteiger partial charge in [-0.3, -0.25) is 0 Å². The minimum absolute atomic E-state index is 0.0177. The van der Waals surface area contributed by atoms with Crippen LogP contribution in [0.4, 0.5) is 14.5 Å². The van der Waals surface area contributed by atoms with Crippen molar-refractivity contribution in [3.63, 3.8) is 0 Å². The molecule has 0 aliphatic heterocycles. The summed E-state index contributed by atoms with van der Waals surface area (Å²) in [6, 6.07) is 6.66. The van der Waals surface area contributed by atoms with E-state index in [2.05, 4.69) is 15.1 Å². The average Bonchev–Trinajstić information content (AvgIpc) is 2.92. The predicted octanol–water partition coefficient (Wildman–Crippen LogP) is 2.66. The van der Waals surface area contributed by atoms with Crippen LogP contribution in [0.2, 0.25) is 0 Å². The number of halogens is 2. The van der Waals surface area contributed by atoms with E-state index in [0.717, 1.165) is 6.20 Å². The van der Waals surface area contributed by atoms with Crippen LogP contribution in [0.3, 0.4) is 0 Å². The third-order valence-electron chi connectivity index (χ3n) is 2.60. The quantitative estimate of drug-likeness (QED) is 0.727. The van der Waals surface area contributed by atoms with Gasteiger partial charge < -0.3 is 10.3 Å². The Morgan fingerprint density at radius 1 is 1.10 bits per heavy atom. The lowest BCUT2D eigenvalue weighted by Gasteiger charge is -1.98. The molecule has 0 aliphatic rings. The molecular weight excluding hydrogens is 266 g/mol. The van der Waals surface area contributed by atoms with Crippen LogP contribution in [-0.2, 0) is 0 Å². The van der Waals surface area contributed by atoms with Gasteiger partial charge in [0.2, 0.25) is 5.82 Å². The molecule has 5 nitrogen and oxygen atoms in total. The zero-order valence-electron chi connectivity index (χ0n) is 10.0. The van der Waals surface area contributed by atoms with Crippen molar-refractivity contribution in [2.24, 2.45) is 0 Å². The smallest absolute Gasteiger partial charge is 0.261 e. The van der Waals surface area contributed by atoms with E-state index >= 15 is 0 Å². The van der Waals surface area contributed by atoms with Crippen molar-refractivity contribution >= 4 is 5.69 Å². The van der Waals surface area contributed by atoms with Crippen LogP contribution < -0.4 is 5.73 Å². The maximum atomic E-state index is 13.7. The fourth-order valence-corrected chi connectivity index (χ4v) is 1.65. The van der Waals surface area contributed by atoms with Crippen LogP contribution >= 0.6 is 0 Å². The monoisotopic (exact) mass is 274 g/mol. The number of aromatic nitrogens is 3. The Labute approximate surface area is 112 Å². The fourth-order valence-electron chi connectivity index (χ4n) is 1.65. The lowest BCUT2D eigenvalue weighted by atomic mass is 10.2. The van der Waals surface area contributed by atoms with Crippen molar-refractivity contribution in [2.45, 2.75) is 0 Å². The van der Waals surface area contributed by atoms with Gasteiger partial charge in [-0.2, -0.15) is 4.98 Å². The second kappa shape index (κ2) is 4.69. The first-order chi connectivity index (χ1) is 9.63. The van der Waals surface area contributed by atoms with Gasteiger partial charge in [-0.1, -0.05) is 5.16 Å². The molecule has 2 aromatic heterocycles. The van der Waals surface area contributed by atoms with Crippen LogP contribution in [0, 0.1) is 11.6 Å². The number of pyridine rings is 1. The molecule has 3 rings (SSSR count). The molecule has 0 saturated carbocycles. The number of nitrogens with zero attached hydrogens (tertiary/aromatic N) is 3. The Bertz CT molecular complexity index is 755. The van der Waals surface area contributed by atoms with Gasteiger partial charge >= 0.3 is 0 Å². The zero-order chi connectivity index (χ0) is 14.1. The van der Waals surface area contributed by atoms with E-state index in [4.69, 9.17) is 10.3 Å². The molecule has 2 heterocycles. The Hall–Kier alpha value is -2.83. The normalized spacial score (nSPS) is 10.7. The van der Waals surface area contributed by atoms with Gasteiger partial charge in [0, 0.05) is 5.69 Å². The number of nitrogen functional groups attached to an aromatic ring is 1. The highest BCUT2D eigenvalue weighted by molar-refractivity contribution is 5.62. The summed E-state index contributed by atoms with van der Waals surface area (Å²) < 4.78 is 31.4. The maximum absolute atomic E-state index is 13.7. The number of rotatable bonds is 2. The number of hydrogen-bond donors (Lipinski definition) is 1. The molecular formula is C13H8F2N4O. The van der Waals surface area contributed by atoms with Crippen molar-refractivity contribution in [3.05, 3.63) is 48.2 Å². The number of nitrogens with two attached hydrogens (primary N) is 1. The molecule has 0 amide bonds. The molecule has 1 aromatic carbocycles. The van der Waals surface area contributed by atoms with E-state index in [0.29, 0.717) is 11.4 Å². The zero-order valence-corrected chi connectivity index (χ0v) is 10.0. The molecule has 0 saturated heterocycles. The minimum atomic E-state index is -0.526. The van der Waals surface area contributed by atoms with Gasteiger partial charge in [-0.05, 0) is 30.3 Å². The van der Waals surface area contributed by atoms with Crippen molar-refractivity contribution < 1.29 is 13.3 Å². The van der Waals surface area contributed by atoms with Gasteiger partial charge in [-0.25, -0.2) is 13.8 Å².